The van der Waals surface area contributed by atoms with Crippen LogP contribution in [-0.2, 0) is 13.0 Å². The third-order valence-corrected chi connectivity index (χ3v) is 6.25. The van der Waals surface area contributed by atoms with Gasteiger partial charge in [-0.2, -0.15) is 9.50 Å². The lowest BCUT2D eigenvalue weighted by atomic mass is 9.90. The molecule has 6 nitrogen and oxygen atoms in total. The zero-order valence-electron chi connectivity index (χ0n) is 18.9. The molecule has 0 atom stereocenters. The van der Waals surface area contributed by atoms with Crippen LogP contribution in [0.15, 0.2) is 59.5 Å². The summed E-state index contributed by atoms with van der Waals surface area (Å²) < 4.78 is 16.6. The summed E-state index contributed by atoms with van der Waals surface area (Å²) in [5.41, 5.74) is 11.3. The first-order valence-corrected chi connectivity index (χ1v) is 12.0. The van der Waals surface area contributed by atoms with Crippen molar-refractivity contribution in [2.45, 2.75) is 44.9 Å². The molecule has 0 amide bonds. The van der Waals surface area contributed by atoms with Crippen LogP contribution in [0, 0.1) is 17.4 Å². The minimum atomic E-state index is -0.487. The maximum Gasteiger partial charge on any atom is 0.213 e. The Kier molecular flexibility index (Phi) is 9.49. The van der Waals surface area contributed by atoms with Crippen molar-refractivity contribution in [1.29, 1.82) is 5.53 Å². The fourth-order valence-corrected chi connectivity index (χ4v) is 4.29. The summed E-state index contributed by atoms with van der Waals surface area (Å²) in [4.78, 5) is 6.17. The normalized spacial score (nSPS) is 15.7. The Hall–Kier alpha value is -2.45. The highest BCUT2D eigenvalue weighted by Crippen LogP contribution is 2.24. The van der Waals surface area contributed by atoms with Crippen molar-refractivity contribution in [3.05, 3.63) is 71.6 Å². The van der Waals surface area contributed by atoms with Crippen molar-refractivity contribution >= 4 is 17.6 Å². The molecule has 0 bridgehead atoms. The third-order valence-electron chi connectivity index (χ3n) is 5.42. The van der Waals surface area contributed by atoms with Crippen LogP contribution in [0.2, 0.25) is 0 Å². The van der Waals surface area contributed by atoms with E-state index in [0.29, 0.717) is 35.6 Å². The molecule has 0 unspecified atom stereocenters. The number of hydrogen-bond acceptors (Lipinski definition) is 7. The number of anilines is 1. The molecule has 172 valence electrons. The standard InChI is InChI=1S/C24H33FN6S/c1-18(2)32-30-21-6-3-5-20(14-21)13-19-9-11-31(12-10-19)17-23(29-26)16-27-15-22-7-4-8-24(25)28-22/h3-8,14,16,18-19,26-27,30H,9-13,15,17H2,1-2H3/b23-16-,29-26?. The number of likely N-dealkylation sites (tertiary alicyclic amines) is 1. The predicted molar refractivity (Wildman–Crippen MR) is 130 cm³/mol. The molecule has 0 radical (unpaired) electrons. The fourth-order valence-electron chi connectivity index (χ4n) is 3.79. The van der Waals surface area contributed by atoms with Gasteiger partial charge in [0.2, 0.25) is 5.95 Å². The monoisotopic (exact) mass is 456 g/mol. The van der Waals surface area contributed by atoms with Crippen molar-refractivity contribution in [2.75, 3.05) is 24.4 Å². The second-order valence-electron chi connectivity index (χ2n) is 8.47. The second kappa shape index (κ2) is 12.6. The van der Waals surface area contributed by atoms with E-state index in [4.69, 9.17) is 5.53 Å². The van der Waals surface area contributed by atoms with Gasteiger partial charge in [-0.25, -0.2) is 10.5 Å². The van der Waals surface area contributed by atoms with Crippen molar-refractivity contribution in [1.82, 2.24) is 15.2 Å². The minimum Gasteiger partial charge on any atom is -0.384 e. The van der Waals surface area contributed by atoms with Crippen LogP contribution in [0.25, 0.3) is 0 Å². The van der Waals surface area contributed by atoms with Crippen molar-refractivity contribution < 1.29 is 4.39 Å². The number of pyridine rings is 1. The van der Waals surface area contributed by atoms with Crippen molar-refractivity contribution in [3.63, 3.8) is 0 Å². The molecular formula is C24H33FN6S. The zero-order chi connectivity index (χ0) is 22.8. The van der Waals surface area contributed by atoms with Gasteiger partial charge in [0.1, 0.15) is 0 Å². The highest BCUT2D eigenvalue weighted by atomic mass is 32.2. The van der Waals surface area contributed by atoms with E-state index < -0.39 is 5.95 Å². The first kappa shape index (κ1) is 24.2. The molecule has 1 saturated heterocycles. The average molecular weight is 457 g/mol. The minimum absolute atomic E-state index is 0.405. The first-order valence-electron chi connectivity index (χ1n) is 11.2. The maximum atomic E-state index is 13.2. The smallest absolute Gasteiger partial charge is 0.213 e. The predicted octanol–water partition coefficient (Wildman–Crippen LogP) is 5.61. The van der Waals surface area contributed by atoms with Crippen LogP contribution in [-0.4, -0.2) is 34.8 Å². The molecule has 1 aromatic carbocycles. The summed E-state index contributed by atoms with van der Waals surface area (Å²) in [6.07, 6.45) is 5.12. The molecule has 0 spiro atoms. The molecule has 2 heterocycles. The van der Waals surface area contributed by atoms with E-state index in [2.05, 4.69) is 63.1 Å². The van der Waals surface area contributed by atoms with Crippen LogP contribution < -0.4 is 10.0 Å². The van der Waals surface area contributed by atoms with E-state index in [1.807, 2.05) is 0 Å². The number of nitrogens with one attached hydrogen (secondary N) is 3. The Labute approximate surface area is 194 Å². The van der Waals surface area contributed by atoms with Gasteiger partial charge in [-0.1, -0.05) is 32.0 Å². The highest BCUT2D eigenvalue weighted by molar-refractivity contribution is 8.01. The molecular weight excluding hydrogens is 423 g/mol. The van der Waals surface area contributed by atoms with Gasteiger partial charge in [0.25, 0.3) is 0 Å². The molecule has 1 fully saturated rings. The number of nitrogens with zero attached hydrogens (tertiary/aromatic N) is 3. The van der Waals surface area contributed by atoms with E-state index in [1.54, 1.807) is 30.3 Å². The lowest BCUT2D eigenvalue weighted by molar-refractivity contribution is 0.196. The molecule has 1 aromatic heterocycles. The molecule has 32 heavy (non-hydrogen) atoms. The molecule has 8 heteroatoms. The number of aromatic nitrogens is 1. The van der Waals surface area contributed by atoms with Gasteiger partial charge in [-0.05, 0) is 80.0 Å². The average Bonchev–Trinajstić information content (AvgIpc) is 2.78. The molecule has 1 aliphatic heterocycles. The molecule has 2 aromatic rings. The first-order chi connectivity index (χ1) is 15.5. The van der Waals surface area contributed by atoms with Crippen LogP contribution in [0.1, 0.15) is 37.9 Å². The molecule has 3 rings (SSSR count). The number of rotatable bonds is 11. The zero-order valence-corrected chi connectivity index (χ0v) is 19.7. The highest BCUT2D eigenvalue weighted by Gasteiger charge is 2.20. The van der Waals surface area contributed by atoms with E-state index in [-0.39, 0.29) is 0 Å². The molecule has 3 N–H and O–H groups in total. The largest absolute Gasteiger partial charge is 0.384 e. The topological polar surface area (TPSA) is 76.4 Å². The SMILES string of the molecule is CC(C)SNc1cccc(CC2CCN(C/C(=C/NCc3cccc(F)n3)N=N)CC2)c1. The summed E-state index contributed by atoms with van der Waals surface area (Å²) in [5.74, 6) is 0.191. The van der Waals surface area contributed by atoms with Gasteiger partial charge in [-0.3, -0.25) is 4.90 Å². The van der Waals surface area contributed by atoms with Crippen molar-refractivity contribution in [3.8, 4) is 0 Å². The Morgan fingerprint density at radius 1 is 1.28 bits per heavy atom. The summed E-state index contributed by atoms with van der Waals surface area (Å²) >= 11 is 1.74. The van der Waals surface area contributed by atoms with Gasteiger partial charge in [0, 0.05) is 23.7 Å². The number of benzene rings is 1. The number of hydrogen-bond donors (Lipinski definition) is 3. The van der Waals surface area contributed by atoms with E-state index in [9.17, 15) is 4.39 Å². The van der Waals surface area contributed by atoms with Gasteiger partial charge in [-0.15, -0.1) is 0 Å². The van der Waals surface area contributed by atoms with Gasteiger partial charge < -0.3 is 10.0 Å². The lowest BCUT2D eigenvalue weighted by Crippen LogP contribution is -2.35. The third kappa shape index (κ3) is 8.24. The Balaban J connectivity index is 1.42. The van der Waals surface area contributed by atoms with E-state index >= 15 is 0 Å². The van der Waals surface area contributed by atoms with Crippen molar-refractivity contribution in [2.24, 2.45) is 11.0 Å². The fraction of sp³-hybridized carbons (Fsp3) is 0.458. The summed E-state index contributed by atoms with van der Waals surface area (Å²) in [5, 5.41) is 7.30. The maximum absolute atomic E-state index is 13.2. The van der Waals surface area contributed by atoms with E-state index in [0.717, 1.165) is 32.4 Å². The number of halogens is 1. The summed E-state index contributed by atoms with van der Waals surface area (Å²) in [7, 11) is 0. The second-order valence-corrected chi connectivity index (χ2v) is 9.86. The van der Waals surface area contributed by atoms with Crippen LogP contribution in [0.3, 0.4) is 0 Å². The summed E-state index contributed by atoms with van der Waals surface area (Å²) in [6, 6.07) is 13.5. The van der Waals surface area contributed by atoms with Gasteiger partial charge in [0.15, 0.2) is 0 Å². The van der Waals surface area contributed by atoms with Crippen LogP contribution in [0.4, 0.5) is 10.1 Å². The van der Waals surface area contributed by atoms with Crippen LogP contribution in [0.5, 0.6) is 0 Å². The Morgan fingerprint density at radius 2 is 2.06 bits per heavy atom. The van der Waals surface area contributed by atoms with E-state index in [1.165, 1.54) is 17.3 Å². The number of piperidine rings is 1. The summed E-state index contributed by atoms with van der Waals surface area (Å²) in [6.45, 7) is 7.42. The van der Waals surface area contributed by atoms with Crippen LogP contribution >= 0.6 is 11.9 Å². The van der Waals surface area contributed by atoms with Gasteiger partial charge in [0.05, 0.1) is 17.9 Å². The molecule has 0 aliphatic carbocycles. The molecule has 0 saturated carbocycles. The van der Waals surface area contributed by atoms with Gasteiger partial charge >= 0.3 is 0 Å². The Bertz CT molecular complexity index is 896. The quantitative estimate of drug-likeness (QED) is 0.233. The Morgan fingerprint density at radius 3 is 2.78 bits per heavy atom. The lowest BCUT2D eigenvalue weighted by Gasteiger charge is -2.32. The molecule has 1 aliphatic rings.